The van der Waals surface area contributed by atoms with Crippen LogP contribution in [0.1, 0.15) is 38.8 Å². The number of anilines is 1. The molecule has 15 nitrogen and oxygen atoms in total. The Morgan fingerprint density at radius 1 is 0.547 bits per heavy atom. The lowest BCUT2D eigenvalue weighted by molar-refractivity contribution is -0.428. The van der Waals surface area contributed by atoms with Gasteiger partial charge < -0.3 is 0 Å². The summed E-state index contributed by atoms with van der Waals surface area (Å²) in [6, 6.07) is 6.32. The summed E-state index contributed by atoms with van der Waals surface area (Å²) in [6.07, 6.45) is 16.3. The molecule has 0 aromatic heterocycles. The molecule has 2 aliphatic carbocycles. The highest BCUT2D eigenvalue weighted by Gasteiger charge is 2.25. The van der Waals surface area contributed by atoms with Gasteiger partial charge in [0, 0.05) is 23.0 Å². The second-order valence-corrected chi connectivity index (χ2v) is 18.6. The normalized spacial score (nSPS) is 17.8. The fraction of sp³-hybridized carbons (Fsp3) is 0.176. The maximum absolute atomic E-state index is 13.1. The van der Waals surface area contributed by atoms with Crippen LogP contribution in [0, 0.1) is 15.7 Å². The maximum Gasteiger partial charge on any atom is 0.295 e. The van der Waals surface area contributed by atoms with Crippen molar-refractivity contribution >= 4 is 64.0 Å². The molecule has 5 N–H and O–H groups in total. The highest BCUT2D eigenvalue weighted by molar-refractivity contribution is 7.90. The van der Waals surface area contributed by atoms with E-state index in [1.165, 1.54) is 54.7 Å². The molecular formula is C34H35N2O13S4+. The van der Waals surface area contributed by atoms with Crippen LogP contribution in [0.2, 0.25) is 0 Å². The van der Waals surface area contributed by atoms with Crippen molar-refractivity contribution in [3.8, 4) is 0 Å². The molecule has 2 aromatic carbocycles. The maximum atomic E-state index is 13.1. The van der Waals surface area contributed by atoms with Crippen LogP contribution in [0.5, 0.6) is 0 Å². The van der Waals surface area contributed by atoms with Crippen molar-refractivity contribution in [3.05, 3.63) is 134 Å². The van der Waals surface area contributed by atoms with E-state index in [1.54, 1.807) is 52.0 Å². The molecule has 0 fully saturated rings. The zero-order valence-electron chi connectivity index (χ0n) is 28.4. The van der Waals surface area contributed by atoms with Gasteiger partial charge in [0.1, 0.15) is 25.3 Å². The van der Waals surface area contributed by atoms with E-state index in [2.05, 4.69) is 5.43 Å². The van der Waals surface area contributed by atoms with Gasteiger partial charge in [-0.3, -0.25) is 18.2 Å². The van der Waals surface area contributed by atoms with Crippen molar-refractivity contribution in [2.24, 2.45) is 10.8 Å². The number of hydrazine groups is 1. The number of nitrogens with zero attached hydrogens (tertiary/aromatic N) is 1. The van der Waals surface area contributed by atoms with E-state index in [0.717, 1.165) is 30.3 Å². The van der Waals surface area contributed by atoms with Gasteiger partial charge in [-0.15, -0.1) is 5.43 Å². The predicted octanol–water partition coefficient (Wildman–Crippen LogP) is 6.23. The van der Waals surface area contributed by atoms with Crippen molar-refractivity contribution < 1.29 is 56.8 Å². The van der Waals surface area contributed by atoms with Gasteiger partial charge >= 0.3 is 0 Å². The fourth-order valence-electron chi connectivity index (χ4n) is 4.92. The van der Waals surface area contributed by atoms with Crippen LogP contribution < -0.4 is 5.43 Å². The average Bonchev–Trinajstić information content (AvgIpc) is 3.27. The van der Waals surface area contributed by atoms with Crippen LogP contribution in [0.25, 0.3) is 12.2 Å². The molecule has 0 spiro atoms. The summed E-state index contributed by atoms with van der Waals surface area (Å²) < 4.78 is 137. The number of rotatable bonds is 11. The molecular weight excluding hydrogens is 773 g/mol. The predicted molar refractivity (Wildman–Crippen MR) is 199 cm³/mol. The zero-order valence-corrected chi connectivity index (χ0v) is 31.7. The minimum Gasteiger partial charge on any atom is -0.282 e. The van der Waals surface area contributed by atoms with Crippen LogP contribution in [-0.2, 0) is 40.5 Å². The monoisotopic (exact) mass is 807 g/mol. The topological polar surface area (TPSA) is 250 Å². The van der Waals surface area contributed by atoms with E-state index in [9.17, 15) is 56.8 Å². The Kier molecular flexibility index (Phi) is 11.4. The number of nitrogens with one attached hydrogen (secondary N) is 1. The van der Waals surface area contributed by atoms with Gasteiger partial charge in [0.25, 0.3) is 46.2 Å². The van der Waals surface area contributed by atoms with Crippen molar-refractivity contribution in [3.63, 3.8) is 0 Å². The SMILES string of the molecule is CC1(C)C=CC(C=Cc2ccc(N[N+](=O)c3ccc(C=CC4=C(S(=O)(=O)O)C=CC(C)(C)C=C4)c(S(=O)(=O)O)c3)cc2S(=O)(=O)O)=C(S(=O)(=O)O)C=C1. The largest absolute Gasteiger partial charge is 0.295 e. The van der Waals surface area contributed by atoms with Crippen LogP contribution in [-0.4, -0.2) is 56.8 Å². The van der Waals surface area contributed by atoms with Gasteiger partial charge in [-0.1, -0.05) is 94.5 Å². The Balaban J connectivity index is 1.70. The molecule has 0 unspecified atom stereocenters. The van der Waals surface area contributed by atoms with Crippen LogP contribution >= 0.6 is 0 Å². The summed E-state index contributed by atoms with van der Waals surface area (Å²) >= 11 is 0. The number of allylic oxidation sites excluding steroid dienone is 12. The molecule has 0 radical (unpaired) electrons. The Labute approximate surface area is 307 Å². The molecule has 282 valence electrons. The quantitative estimate of drug-likeness (QED) is 0.0959. The molecule has 53 heavy (non-hydrogen) atoms. The minimum atomic E-state index is -5.00. The number of hydrogen-bond acceptors (Lipinski definition) is 9. The van der Waals surface area contributed by atoms with E-state index in [0.29, 0.717) is 0 Å². The summed E-state index contributed by atoms with van der Waals surface area (Å²) in [5.41, 5.74) is 0.177. The van der Waals surface area contributed by atoms with Gasteiger partial charge in [-0.25, -0.2) is 0 Å². The molecule has 19 heteroatoms. The highest BCUT2D eigenvalue weighted by Crippen LogP contribution is 2.32. The highest BCUT2D eigenvalue weighted by atomic mass is 32.2. The summed E-state index contributed by atoms with van der Waals surface area (Å²) in [6.45, 7) is 7.11. The second-order valence-electron chi connectivity index (χ2n) is 13.1. The first-order valence-corrected chi connectivity index (χ1v) is 21.0. The lowest BCUT2D eigenvalue weighted by Gasteiger charge is -2.12. The third-order valence-electron chi connectivity index (χ3n) is 7.75. The Bertz CT molecular complexity index is 2590. The molecule has 0 saturated heterocycles. The number of benzene rings is 2. The van der Waals surface area contributed by atoms with Crippen molar-refractivity contribution in [2.45, 2.75) is 37.5 Å². The Morgan fingerprint density at radius 2 is 0.943 bits per heavy atom. The summed E-state index contributed by atoms with van der Waals surface area (Å²) in [5.74, 6) is 0. The van der Waals surface area contributed by atoms with Crippen molar-refractivity contribution in [2.75, 3.05) is 5.43 Å². The van der Waals surface area contributed by atoms with E-state index in [-0.39, 0.29) is 32.8 Å². The lowest BCUT2D eigenvalue weighted by Crippen LogP contribution is -2.12. The fourth-order valence-corrected chi connectivity index (χ4v) is 7.68. The second kappa shape index (κ2) is 14.7. The van der Waals surface area contributed by atoms with Gasteiger partial charge in [0.2, 0.25) is 0 Å². The van der Waals surface area contributed by atoms with Crippen molar-refractivity contribution in [1.82, 2.24) is 0 Å². The number of hydrogen-bond donors (Lipinski definition) is 5. The Hall–Kier alpha value is -4.60. The van der Waals surface area contributed by atoms with Crippen LogP contribution in [0.4, 0.5) is 11.4 Å². The van der Waals surface area contributed by atoms with Crippen LogP contribution in [0.3, 0.4) is 0 Å². The van der Waals surface area contributed by atoms with Crippen LogP contribution in [0.15, 0.2) is 128 Å². The third-order valence-corrected chi connectivity index (χ3v) is 11.4. The first-order valence-electron chi connectivity index (χ1n) is 15.2. The number of nitroso groups, excluding NO2 is 1. The van der Waals surface area contributed by atoms with Gasteiger partial charge in [-0.2, -0.15) is 33.7 Å². The summed E-state index contributed by atoms with van der Waals surface area (Å²) in [7, 11) is -19.4. The Morgan fingerprint density at radius 3 is 1.36 bits per heavy atom. The van der Waals surface area contributed by atoms with Gasteiger partial charge in [0.05, 0.1) is 4.91 Å². The zero-order chi connectivity index (χ0) is 39.8. The molecule has 0 bridgehead atoms. The smallest absolute Gasteiger partial charge is 0.282 e. The van der Waals surface area contributed by atoms with Gasteiger partial charge in [-0.05, 0) is 52.6 Å². The summed E-state index contributed by atoms with van der Waals surface area (Å²) in [4.78, 5) is 10.8. The molecule has 0 aliphatic heterocycles. The lowest BCUT2D eigenvalue weighted by atomic mass is 9.93. The molecule has 0 heterocycles. The van der Waals surface area contributed by atoms with E-state index in [4.69, 9.17) is 0 Å². The average molecular weight is 808 g/mol. The first kappa shape index (κ1) is 41.2. The molecule has 2 aliphatic rings. The minimum absolute atomic E-state index is 0.00133. The first-order chi connectivity index (χ1) is 24.2. The van der Waals surface area contributed by atoms with E-state index < -0.39 is 76.6 Å². The standard InChI is InChI=1S/C34H34N2O13S4/c1-33(2)17-13-25(29(15-19-33)50(38,39)40)7-5-23-9-11-27(21-31(23)52(44,45)46)35-36(37)28-12-10-24(32(22-28)53(47,48)49)6-8-26-14-18-34(3,4)20-16-30(26)51(41,42)43/h5-22H,1-4H3,(H4-,35,37,38,39,40,41,42,43,44,45,46,47,48,49)/p+1. The van der Waals surface area contributed by atoms with Gasteiger partial charge in [0.15, 0.2) is 4.87 Å². The molecule has 0 amide bonds. The summed E-state index contributed by atoms with van der Waals surface area (Å²) in [5, 5.41) is 0. The molecule has 0 atom stereocenters. The molecule has 0 saturated carbocycles. The molecule has 2 aromatic rings. The van der Waals surface area contributed by atoms with E-state index >= 15 is 0 Å². The third kappa shape index (κ3) is 10.7. The molecule has 4 rings (SSSR count). The van der Waals surface area contributed by atoms with E-state index in [1.807, 2.05) is 0 Å². The van der Waals surface area contributed by atoms with Crippen molar-refractivity contribution in [1.29, 1.82) is 0 Å².